The second kappa shape index (κ2) is 8.64. The zero-order valence-corrected chi connectivity index (χ0v) is 15.8. The predicted molar refractivity (Wildman–Crippen MR) is 107 cm³/mol. The number of hydrogen-bond acceptors (Lipinski definition) is 4. The van der Waals surface area contributed by atoms with Crippen molar-refractivity contribution < 1.29 is 9.18 Å². The summed E-state index contributed by atoms with van der Waals surface area (Å²) in [6.45, 7) is 1.22. The molecule has 148 valence electrons. The fourth-order valence-corrected chi connectivity index (χ4v) is 3.40. The molecular formula is C21H21FN6O. The number of amides is 1. The van der Waals surface area contributed by atoms with Gasteiger partial charge in [0.05, 0.1) is 0 Å². The monoisotopic (exact) mass is 392 g/mol. The molecule has 0 atom stereocenters. The van der Waals surface area contributed by atoms with Crippen LogP contribution in [-0.2, 0) is 17.8 Å². The lowest BCUT2D eigenvalue weighted by atomic mass is 10.0. The molecule has 7 nitrogen and oxygen atoms in total. The van der Waals surface area contributed by atoms with Gasteiger partial charge in [0.25, 0.3) is 0 Å². The van der Waals surface area contributed by atoms with Crippen LogP contribution in [0.5, 0.6) is 0 Å². The van der Waals surface area contributed by atoms with Crippen LogP contribution in [0.1, 0.15) is 18.4 Å². The molecule has 2 aromatic heterocycles. The van der Waals surface area contributed by atoms with Crippen LogP contribution in [0.3, 0.4) is 0 Å². The Labute approximate surface area is 166 Å². The number of aromatic amines is 1. The third-order valence-electron chi connectivity index (χ3n) is 4.83. The molecule has 0 unspecified atom stereocenters. The van der Waals surface area contributed by atoms with Gasteiger partial charge in [-0.05, 0) is 64.7 Å². The molecular weight excluding hydrogens is 371 g/mol. The minimum absolute atomic E-state index is 0.00273. The number of benzene rings is 2. The molecule has 0 spiro atoms. The summed E-state index contributed by atoms with van der Waals surface area (Å²) in [5.41, 5.74) is 3.90. The van der Waals surface area contributed by atoms with Crippen molar-refractivity contribution in [2.45, 2.75) is 25.8 Å². The molecule has 8 heteroatoms. The molecule has 0 bridgehead atoms. The van der Waals surface area contributed by atoms with Gasteiger partial charge in [-0.15, -0.1) is 5.10 Å². The summed E-state index contributed by atoms with van der Waals surface area (Å²) in [4.78, 5) is 15.7. The molecule has 0 radical (unpaired) electrons. The van der Waals surface area contributed by atoms with Crippen LogP contribution in [0.25, 0.3) is 22.2 Å². The van der Waals surface area contributed by atoms with Gasteiger partial charge in [-0.25, -0.2) is 9.07 Å². The first-order chi connectivity index (χ1) is 14.2. The van der Waals surface area contributed by atoms with Crippen LogP contribution >= 0.6 is 0 Å². The summed E-state index contributed by atoms with van der Waals surface area (Å²) >= 11 is 0. The third-order valence-corrected chi connectivity index (χ3v) is 4.83. The van der Waals surface area contributed by atoms with Gasteiger partial charge in [-0.1, -0.05) is 18.2 Å². The van der Waals surface area contributed by atoms with Crippen molar-refractivity contribution >= 4 is 16.8 Å². The van der Waals surface area contributed by atoms with Gasteiger partial charge in [0, 0.05) is 36.1 Å². The second-order valence-electron chi connectivity index (χ2n) is 6.81. The van der Waals surface area contributed by atoms with E-state index in [4.69, 9.17) is 0 Å². The van der Waals surface area contributed by atoms with E-state index in [0.29, 0.717) is 25.9 Å². The normalized spacial score (nSPS) is 11.1. The van der Waals surface area contributed by atoms with E-state index < -0.39 is 0 Å². The highest BCUT2D eigenvalue weighted by atomic mass is 19.1. The number of carbonyl (C=O) groups excluding carboxylic acids is 1. The molecule has 2 heterocycles. The van der Waals surface area contributed by atoms with E-state index in [9.17, 15) is 9.18 Å². The van der Waals surface area contributed by atoms with Crippen LogP contribution in [0.4, 0.5) is 4.39 Å². The molecule has 0 aliphatic carbocycles. The Morgan fingerprint density at radius 2 is 1.97 bits per heavy atom. The van der Waals surface area contributed by atoms with Crippen LogP contribution in [-0.4, -0.2) is 37.6 Å². The number of fused-ring (bicyclic) bond motifs is 1. The van der Waals surface area contributed by atoms with Crippen molar-refractivity contribution in [1.82, 2.24) is 30.5 Å². The number of carbonyl (C=O) groups is 1. The van der Waals surface area contributed by atoms with Gasteiger partial charge in [0.15, 0.2) is 0 Å². The van der Waals surface area contributed by atoms with Gasteiger partial charge in [-0.3, -0.25) is 4.79 Å². The number of aryl methyl sites for hydroxylation is 2. The lowest BCUT2D eigenvalue weighted by Crippen LogP contribution is -2.25. The number of rotatable bonds is 8. The lowest BCUT2D eigenvalue weighted by Gasteiger charge is -2.07. The molecule has 1 amide bonds. The van der Waals surface area contributed by atoms with Crippen molar-refractivity contribution in [2.24, 2.45) is 0 Å². The highest BCUT2D eigenvalue weighted by Gasteiger charge is 2.14. The number of nitrogens with zero attached hydrogens (tertiary/aromatic N) is 4. The van der Waals surface area contributed by atoms with Crippen LogP contribution in [0, 0.1) is 5.82 Å². The van der Waals surface area contributed by atoms with Crippen molar-refractivity contribution in [3.63, 3.8) is 0 Å². The molecule has 29 heavy (non-hydrogen) atoms. The van der Waals surface area contributed by atoms with Gasteiger partial charge >= 0.3 is 0 Å². The summed E-state index contributed by atoms with van der Waals surface area (Å²) in [6, 6.07) is 14.4. The second-order valence-corrected chi connectivity index (χ2v) is 6.81. The van der Waals surface area contributed by atoms with Crippen LogP contribution < -0.4 is 5.32 Å². The first kappa shape index (κ1) is 18.8. The highest BCUT2D eigenvalue weighted by molar-refractivity contribution is 5.91. The predicted octanol–water partition coefficient (Wildman–Crippen LogP) is 3.10. The summed E-state index contributed by atoms with van der Waals surface area (Å²) in [7, 11) is 0. The number of aromatic nitrogens is 5. The number of nitrogens with one attached hydrogen (secondary N) is 2. The maximum absolute atomic E-state index is 13.3. The molecule has 2 N–H and O–H groups in total. The summed E-state index contributed by atoms with van der Waals surface area (Å²) in [6.07, 6.45) is 3.27. The average Bonchev–Trinajstić information content (AvgIpc) is 3.38. The molecule has 0 aliphatic rings. The summed E-state index contributed by atoms with van der Waals surface area (Å²) in [5.74, 6) is -0.274. The van der Waals surface area contributed by atoms with E-state index in [0.717, 1.165) is 34.1 Å². The maximum atomic E-state index is 13.3. The summed E-state index contributed by atoms with van der Waals surface area (Å²) < 4.78 is 15.0. The Hall–Kier alpha value is -3.55. The van der Waals surface area contributed by atoms with E-state index in [1.807, 2.05) is 24.3 Å². The van der Waals surface area contributed by atoms with E-state index in [-0.39, 0.29) is 11.7 Å². The summed E-state index contributed by atoms with van der Waals surface area (Å²) in [5, 5.41) is 15.0. The minimum atomic E-state index is -0.271. The highest BCUT2D eigenvalue weighted by Crippen LogP contribution is 2.31. The third kappa shape index (κ3) is 4.48. The van der Waals surface area contributed by atoms with Crippen LogP contribution in [0.15, 0.2) is 54.9 Å². The number of H-pyrrole nitrogens is 1. The number of tetrazole rings is 1. The standard InChI is InChI=1S/C21H21FN6O/c22-16-8-6-15(7-9-16)21-18(17-4-1-2-5-19(17)25-21)10-11-20(29)23-12-3-13-28-14-24-26-27-28/h1-2,4-9,14,25H,3,10-13H2,(H,23,29). The Kier molecular flexibility index (Phi) is 5.60. The Morgan fingerprint density at radius 3 is 2.76 bits per heavy atom. The number of hydrogen-bond donors (Lipinski definition) is 2. The van der Waals surface area contributed by atoms with E-state index >= 15 is 0 Å². The first-order valence-electron chi connectivity index (χ1n) is 9.54. The largest absolute Gasteiger partial charge is 0.356 e. The van der Waals surface area contributed by atoms with Gasteiger partial charge in [-0.2, -0.15) is 0 Å². The molecule has 0 fully saturated rings. The first-order valence-corrected chi connectivity index (χ1v) is 9.54. The van der Waals surface area contributed by atoms with E-state index in [1.54, 1.807) is 23.1 Å². The van der Waals surface area contributed by atoms with Crippen molar-refractivity contribution in [3.05, 3.63) is 66.2 Å². The van der Waals surface area contributed by atoms with Crippen LogP contribution in [0.2, 0.25) is 0 Å². The van der Waals surface area contributed by atoms with Gasteiger partial charge in [0.1, 0.15) is 12.1 Å². The molecule has 4 aromatic rings. The minimum Gasteiger partial charge on any atom is -0.356 e. The zero-order chi connectivity index (χ0) is 20.1. The zero-order valence-electron chi connectivity index (χ0n) is 15.8. The quantitative estimate of drug-likeness (QED) is 0.451. The van der Waals surface area contributed by atoms with Crippen molar-refractivity contribution in [1.29, 1.82) is 0 Å². The topological polar surface area (TPSA) is 88.5 Å². The maximum Gasteiger partial charge on any atom is 0.220 e. The molecule has 2 aromatic carbocycles. The van der Waals surface area contributed by atoms with Gasteiger partial charge < -0.3 is 10.3 Å². The molecule has 4 rings (SSSR count). The average molecular weight is 392 g/mol. The Bertz CT molecular complexity index is 1090. The number of para-hydroxylation sites is 1. The molecule has 0 saturated carbocycles. The molecule has 0 aliphatic heterocycles. The fourth-order valence-electron chi connectivity index (χ4n) is 3.40. The SMILES string of the molecule is O=C(CCc1c(-c2ccc(F)cc2)[nH]c2ccccc12)NCCCn1cnnn1. The molecule has 0 saturated heterocycles. The number of halogens is 1. The van der Waals surface area contributed by atoms with Crippen molar-refractivity contribution in [2.75, 3.05) is 6.54 Å². The smallest absolute Gasteiger partial charge is 0.220 e. The Morgan fingerprint density at radius 1 is 1.14 bits per heavy atom. The van der Waals surface area contributed by atoms with E-state index in [2.05, 4.69) is 25.8 Å². The van der Waals surface area contributed by atoms with Crippen molar-refractivity contribution in [3.8, 4) is 11.3 Å². The fraction of sp³-hybridized carbons (Fsp3) is 0.238. The van der Waals surface area contributed by atoms with E-state index in [1.165, 1.54) is 12.1 Å². The lowest BCUT2D eigenvalue weighted by molar-refractivity contribution is -0.121. The Balaban J connectivity index is 1.42. The van der Waals surface area contributed by atoms with Gasteiger partial charge in [0.2, 0.25) is 5.91 Å².